The van der Waals surface area contributed by atoms with Crippen molar-refractivity contribution in [2.75, 3.05) is 14.2 Å². The van der Waals surface area contributed by atoms with Gasteiger partial charge in [-0.1, -0.05) is 13.8 Å². The molecule has 0 spiro atoms. The molecule has 0 radical (unpaired) electrons. The lowest BCUT2D eigenvalue weighted by Crippen LogP contribution is -2.60. The van der Waals surface area contributed by atoms with Gasteiger partial charge < -0.3 is 102 Å². The number of hydrogen-bond donors (Lipinski definition) is 7. The fourth-order valence-corrected chi connectivity index (χ4v) is 16.3. The van der Waals surface area contributed by atoms with Gasteiger partial charge >= 0.3 is 11.9 Å². The average molecular weight is 1270 g/mol. The lowest BCUT2D eigenvalue weighted by Gasteiger charge is -2.54. The van der Waals surface area contributed by atoms with Crippen LogP contribution in [0.25, 0.3) is 10.8 Å². The van der Waals surface area contributed by atoms with Gasteiger partial charge in [0.15, 0.2) is 43.2 Å². The molecule has 5 aliphatic carbocycles. The molecule has 1 amide bonds. The molecular weight excluding hydrogens is 1180 g/mol. The fourth-order valence-electron chi connectivity index (χ4n) is 16.3. The van der Waals surface area contributed by atoms with Crippen LogP contribution in [0.5, 0.6) is 17.2 Å². The van der Waals surface area contributed by atoms with Crippen molar-refractivity contribution < 1.29 is 116 Å². The Bertz CT molecular complexity index is 2870. The number of esters is 2. The third-order valence-corrected chi connectivity index (χ3v) is 20.4. The number of aliphatic hydroxyl groups is 4. The number of ketones is 1. The Kier molecular flexibility index (Phi) is 20.2. The SMILES string of the molecule is CO[C@H]1[C@H](O)C[C@@H](O[C@@H]2C[C@H](Oc3cc(O)c4c(O)c5c(cc4c3)C[C@@H]([C@H](OC)C(=O)NC3C4CC6CC(C4)CC3C6)[C@H](O[C@H]3C[C@H](O[C@H]4C[C@H](O[C@H]6C[C@@](C)(O)[C@@H](OC(=O)C(C)C)[C@H](C)O6)[C@H](O)[C@@H](C)O4)[C@H](O)[C@@H](C)O3)C5=O)O[C@H](C)[C@H]2OC(C)=O)O[C@@H]1C. The van der Waals surface area contributed by atoms with Crippen molar-refractivity contribution in [3.63, 3.8) is 0 Å². The van der Waals surface area contributed by atoms with Crippen LogP contribution in [-0.4, -0.2) is 209 Å². The number of Topliss-reactive ketones (excluding diaryl/α,β-unsaturated/α-hetero) is 1. The van der Waals surface area contributed by atoms with E-state index >= 15 is 4.79 Å². The van der Waals surface area contributed by atoms with Crippen LogP contribution in [0, 0.1) is 35.5 Å². The minimum Gasteiger partial charge on any atom is -0.507 e. The standard InChI is InChI=1S/C65H93NO24/c1-26(2)64(75)90-62-31(7)83-50(25-65(62,9)76)87-44-22-48(79-27(3)55(44)71)86-43-23-49(80-28(4)54(43)70)89-60-40(61(78-11)63(74)66-53-37-13-33-12-34(15-37)16-38(53)14-33)19-36-17-35-18-39(20-41(68)51(35)56(72)52(36)57(60)73)85-47-24-45(59(30(6)82-47)84-32(8)67)88-46-21-42(69)58(77-10)29(5)81-46/h17-18,20,26-31,33-34,37-38,40,42-50,53-55,58-62,68-72,76H,12-16,19,21-25H2,1-11H3,(H,66,74)/t27-,28-,29-,30-,31+,33?,34?,37?,38?,40-,42-,43+,44+,45-,46-,47+,48+,49+,50+,53?,54-,55-,58-,59-,60+,61+,62+,65-/m1/s1. The second-order valence-electron chi connectivity index (χ2n) is 27.5. The maximum Gasteiger partial charge on any atom is 0.308 e. The van der Waals surface area contributed by atoms with Crippen molar-refractivity contribution in [2.45, 2.75) is 274 Å². The van der Waals surface area contributed by atoms with E-state index in [-0.39, 0.29) is 66.7 Å². The molecule has 502 valence electrons. The largest absolute Gasteiger partial charge is 0.507 e. The Morgan fingerprint density at radius 2 is 1.22 bits per heavy atom. The van der Waals surface area contributed by atoms with Gasteiger partial charge in [0.1, 0.15) is 59.5 Å². The van der Waals surface area contributed by atoms with Gasteiger partial charge in [-0.2, -0.15) is 0 Å². The van der Waals surface area contributed by atoms with Crippen molar-refractivity contribution in [1.82, 2.24) is 5.32 Å². The maximum absolute atomic E-state index is 15.5. The number of carbonyl (C=O) groups excluding carboxylic acids is 4. The zero-order valence-corrected chi connectivity index (χ0v) is 53.2. The Hall–Kier alpha value is -4.42. The molecule has 2 aromatic carbocycles. The van der Waals surface area contributed by atoms with Gasteiger partial charge in [0.05, 0.1) is 65.7 Å². The summed E-state index contributed by atoms with van der Waals surface area (Å²) in [6.45, 7) is 14.6. The molecule has 7 N–H and O–H groups in total. The average Bonchev–Trinajstić information content (AvgIpc) is 0.745. The van der Waals surface area contributed by atoms with Gasteiger partial charge in [-0.05, 0) is 127 Å². The van der Waals surface area contributed by atoms with Gasteiger partial charge in [0.25, 0.3) is 0 Å². The molecule has 90 heavy (non-hydrogen) atoms. The minimum absolute atomic E-state index is 0.0160. The predicted octanol–water partition coefficient (Wildman–Crippen LogP) is 4.50. The first-order chi connectivity index (χ1) is 42.7. The van der Waals surface area contributed by atoms with Gasteiger partial charge in [-0.15, -0.1) is 0 Å². The molecule has 4 bridgehead atoms. The molecule has 23 atom stereocenters. The third-order valence-electron chi connectivity index (χ3n) is 20.4. The number of amides is 1. The number of aromatic hydroxyl groups is 2. The van der Waals surface area contributed by atoms with E-state index in [1.807, 2.05) is 0 Å². The van der Waals surface area contributed by atoms with E-state index < -0.39 is 182 Å². The number of carbonyl (C=O) groups is 4. The smallest absolute Gasteiger partial charge is 0.308 e. The first-order valence-electron chi connectivity index (χ1n) is 32.3. The van der Waals surface area contributed by atoms with Gasteiger partial charge in [-0.3, -0.25) is 19.2 Å². The number of aliphatic hydroxyl groups excluding tert-OH is 3. The summed E-state index contributed by atoms with van der Waals surface area (Å²) in [6, 6.07) is 4.42. The number of fused-ring (bicyclic) bond motifs is 2. The van der Waals surface area contributed by atoms with E-state index in [1.54, 1.807) is 60.6 Å². The minimum atomic E-state index is -1.54. The van der Waals surface area contributed by atoms with Crippen molar-refractivity contribution in [3.05, 3.63) is 29.3 Å². The molecule has 5 heterocycles. The second kappa shape index (κ2) is 27.1. The molecule has 5 aliphatic heterocycles. The Balaban J connectivity index is 0.834. The first-order valence-corrected chi connectivity index (χ1v) is 32.3. The van der Waals surface area contributed by atoms with E-state index in [2.05, 4.69) is 5.32 Å². The summed E-state index contributed by atoms with van der Waals surface area (Å²) in [7, 11) is 2.89. The highest BCUT2D eigenvalue weighted by atomic mass is 16.7. The van der Waals surface area contributed by atoms with E-state index in [4.69, 9.17) is 66.3 Å². The van der Waals surface area contributed by atoms with E-state index in [1.165, 1.54) is 40.6 Å². The highest BCUT2D eigenvalue weighted by Crippen LogP contribution is 2.54. The predicted molar refractivity (Wildman–Crippen MR) is 313 cm³/mol. The van der Waals surface area contributed by atoms with Crippen LogP contribution >= 0.6 is 0 Å². The maximum atomic E-state index is 15.5. The van der Waals surface area contributed by atoms with Crippen LogP contribution in [-0.2, 0) is 82.4 Å². The normalized spacial score (nSPS) is 43.0. The summed E-state index contributed by atoms with van der Waals surface area (Å²) < 4.78 is 86.0. The molecule has 2 aromatic rings. The summed E-state index contributed by atoms with van der Waals surface area (Å²) in [5.41, 5.74) is -1.36. The summed E-state index contributed by atoms with van der Waals surface area (Å²) in [4.78, 5) is 55.2. The summed E-state index contributed by atoms with van der Waals surface area (Å²) in [5.74, 6) is -2.59. The number of rotatable bonds is 18. The Labute approximate surface area is 524 Å². The number of methoxy groups -OCH3 is 2. The molecule has 9 fully saturated rings. The van der Waals surface area contributed by atoms with Crippen LogP contribution in [0.3, 0.4) is 0 Å². The number of phenols is 2. The van der Waals surface area contributed by atoms with E-state index in [0.717, 1.165) is 25.7 Å². The summed E-state index contributed by atoms with van der Waals surface area (Å²) in [5, 5.41) is 73.0. The second-order valence-corrected chi connectivity index (χ2v) is 27.5. The molecular formula is C65H93NO24. The van der Waals surface area contributed by atoms with Crippen LogP contribution in [0.1, 0.15) is 142 Å². The molecule has 10 aliphatic rings. The fraction of sp³-hybridized carbons (Fsp3) is 0.785. The van der Waals surface area contributed by atoms with Gasteiger partial charge in [-0.25, -0.2) is 0 Å². The number of hydrogen-bond acceptors (Lipinski definition) is 24. The van der Waals surface area contributed by atoms with Gasteiger partial charge in [0, 0.05) is 71.3 Å². The van der Waals surface area contributed by atoms with Crippen LogP contribution < -0.4 is 10.1 Å². The van der Waals surface area contributed by atoms with E-state index in [9.17, 15) is 45.0 Å². The third kappa shape index (κ3) is 13.9. The molecule has 25 nitrogen and oxygen atoms in total. The molecule has 4 saturated carbocycles. The number of nitrogens with one attached hydrogen (secondary N) is 1. The number of ether oxygens (including phenoxy) is 14. The number of phenolic OH excluding ortho intramolecular Hbond substituents is 2. The lowest BCUT2D eigenvalue weighted by molar-refractivity contribution is -0.334. The van der Waals surface area contributed by atoms with Crippen LogP contribution in [0.15, 0.2) is 18.2 Å². The van der Waals surface area contributed by atoms with Crippen molar-refractivity contribution >= 4 is 34.4 Å². The zero-order chi connectivity index (χ0) is 64.5. The summed E-state index contributed by atoms with van der Waals surface area (Å²) in [6.07, 6.45) is -15.3. The van der Waals surface area contributed by atoms with Crippen LogP contribution in [0.4, 0.5) is 0 Å². The number of benzene rings is 2. The zero-order valence-electron chi connectivity index (χ0n) is 53.2. The van der Waals surface area contributed by atoms with Crippen molar-refractivity contribution in [1.29, 1.82) is 0 Å². The Morgan fingerprint density at radius 3 is 1.81 bits per heavy atom. The molecule has 0 aromatic heterocycles. The molecule has 0 unspecified atom stereocenters. The highest BCUT2D eigenvalue weighted by Gasteiger charge is 2.54. The molecule has 5 saturated heterocycles. The Morgan fingerprint density at radius 1 is 0.667 bits per heavy atom. The summed E-state index contributed by atoms with van der Waals surface area (Å²) >= 11 is 0. The molecule has 12 rings (SSSR count). The van der Waals surface area contributed by atoms with E-state index in [0.29, 0.717) is 29.2 Å². The van der Waals surface area contributed by atoms with Crippen molar-refractivity contribution in [3.8, 4) is 17.2 Å². The topological polar surface area (TPSA) is 331 Å². The van der Waals surface area contributed by atoms with Crippen molar-refractivity contribution in [2.24, 2.45) is 35.5 Å². The van der Waals surface area contributed by atoms with Gasteiger partial charge in [0.2, 0.25) is 12.2 Å². The molecule has 25 heteroatoms. The quantitative estimate of drug-likeness (QED) is 0.101. The first kappa shape index (κ1) is 67.0. The lowest BCUT2D eigenvalue weighted by atomic mass is 9.54. The monoisotopic (exact) mass is 1270 g/mol. The highest BCUT2D eigenvalue weighted by molar-refractivity contribution is 6.11. The van der Waals surface area contributed by atoms with Crippen LogP contribution in [0.2, 0.25) is 0 Å².